The number of nitrogens with one attached hydrogen (secondary N) is 1. The SMILES string of the molecule is C[C@@H](OC(=O)c1ccc(=O)n(Cc2ccccc2Cl)c1)C(=O)NC1CC1. The fourth-order valence-corrected chi connectivity index (χ4v) is 2.61. The molecule has 1 amide bonds. The second-order valence-electron chi connectivity index (χ2n) is 6.31. The van der Waals surface area contributed by atoms with Crippen LogP contribution < -0.4 is 10.9 Å². The van der Waals surface area contributed by atoms with E-state index in [4.69, 9.17) is 16.3 Å². The van der Waals surface area contributed by atoms with Crippen molar-refractivity contribution in [3.05, 3.63) is 69.1 Å². The minimum absolute atomic E-state index is 0.196. The number of hydrogen-bond donors (Lipinski definition) is 1. The number of esters is 1. The quantitative estimate of drug-likeness (QED) is 0.787. The highest BCUT2D eigenvalue weighted by molar-refractivity contribution is 6.31. The van der Waals surface area contributed by atoms with Gasteiger partial charge >= 0.3 is 5.97 Å². The van der Waals surface area contributed by atoms with Crippen LogP contribution >= 0.6 is 11.6 Å². The first-order chi connectivity index (χ1) is 12.4. The van der Waals surface area contributed by atoms with E-state index in [1.165, 1.54) is 29.8 Å². The van der Waals surface area contributed by atoms with Gasteiger partial charge in [-0.15, -0.1) is 0 Å². The third-order valence-corrected chi connectivity index (χ3v) is 4.46. The van der Waals surface area contributed by atoms with Gasteiger partial charge in [-0.1, -0.05) is 29.8 Å². The van der Waals surface area contributed by atoms with Crippen LogP contribution in [0.25, 0.3) is 0 Å². The van der Waals surface area contributed by atoms with Crippen molar-refractivity contribution >= 4 is 23.5 Å². The Morgan fingerprint density at radius 3 is 2.69 bits per heavy atom. The van der Waals surface area contributed by atoms with E-state index in [1.807, 2.05) is 12.1 Å². The van der Waals surface area contributed by atoms with E-state index in [9.17, 15) is 14.4 Å². The Morgan fingerprint density at radius 2 is 2.00 bits per heavy atom. The minimum atomic E-state index is -0.896. The molecule has 1 saturated carbocycles. The van der Waals surface area contributed by atoms with E-state index < -0.39 is 12.1 Å². The molecule has 0 aliphatic heterocycles. The molecule has 1 aromatic carbocycles. The van der Waals surface area contributed by atoms with Crippen LogP contribution in [0.3, 0.4) is 0 Å². The number of nitrogens with zero attached hydrogens (tertiary/aromatic N) is 1. The van der Waals surface area contributed by atoms with Gasteiger partial charge in [0, 0.05) is 23.3 Å². The molecule has 1 aliphatic rings. The summed E-state index contributed by atoms with van der Waals surface area (Å²) < 4.78 is 6.58. The van der Waals surface area contributed by atoms with Gasteiger partial charge in [-0.05, 0) is 37.5 Å². The summed E-state index contributed by atoms with van der Waals surface area (Å²) in [6.07, 6.45) is 2.44. The predicted molar refractivity (Wildman–Crippen MR) is 97.3 cm³/mol. The molecule has 1 heterocycles. The minimum Gasteiger partial charge on any atom is -0.449 e. The van der Waals surface area contributed by atoms with Gasteiger partial charge in [-0.3, -0.25) is 9.59 Å². The summed E-state index contributed by atoms with van der Waals surface area (Å²) in [7, 11) is 0. The van der Waals surface area contributed by atoms with Crippen molar-refractivity contribution in [1.29, 1.82) is 0 Å². The molecule has 6 nitrogen and oxygen atoms in total. The number of carbonyl (C=O) groups excluding carboxylic acids is 2. The summed E-state index contributed by atoms with van der Waals surface area (Å²) in [5.74, 6) is -0.971. The smallest absolute Gasteiger partial charge is 0.340 e. The Labute approximate surface area is 155 Å². The summed E-state index contributed by atoms with van der Waals surface area (Å²) in [4.78, 5) is 36.3. The number of halogens is 1. The maximum absolute atomic E-state index is 12.3. The first-order valence-corrected chi connectivity index (χ1v) is 8.77. The van der Waals surface area contributed by atoms with Crippen LogP contribution in [0.5, 0.6) is 0 Å². The predicted octanol–water partition coefficient (Wildman–Crippen LogP) is 2.37. The summed E-state index contributed by atoms with van der Waals surface area (Å²) in [5.41, 5.74) is 0.697. The zero-order valence-electron chi connectivity index (χ0n) is 14.3. The molecule has 0 spiro atoms. The van der Waals surface area contributed by atoms with Crippen molar-refractivity contribution in [2.45, 2.75) is 38.5 Å². The molecule has 1 aliphatic carbocycles. The number of benzene rings is 1. The molecular weight excluding hydrogens is 356 g/mol. The summed E-state index contributed by atoms with van der Waals surface area (Å²) in [5, 5.41) is 3.32. The van der Waals surface area contributed by atoms with Crippen molar-refractivity contribution in [3.63, 3.8) is 0 Å². The van der Waals surface area contributed by atoms with Crippen molar-refractivity contribution in [2.24, 2.45) is 0 Å². The molecular formula is C19H19ClN2O4. The third kappa shape index (κ3) is 4.52. The van der Waals surface area contributed by atoms with Gasteiger partial charge in [0.15, 0.2) is 6.10 Å². The molecule has 1 aromatic heterocycles. The van der Waals surface area contributed by atoms with E-state index in [2.05, 4.69) is 5.32 Å². The Bertz CT molecular complexity index is 889. The molecule has 1 fully saturated rings. The number of aromatic nitrogens is 1. The molecule has 26 heavy (non-hydrogen) atoms. The fraction of sp³-hybridized carbons (Fsp3) is 0.316. The monoisotopic (exact) mass is 374 g/mol. The van der Waals surface area contributed by atoms with E-state index in [1.54, 1.807) is 12.1 Å². The number of ether oxygens (including phenoxy) is 1. The lowest BCUT2D eigenvalue weighted by Crippen LogP contribution is -2.37. The summed E-state index contributed by atoms with van der Waals surface area (Å²) >= 11 is 6.13. The molecule has 1 N–H and O–H groups in total. The van der Waals surface area contributed by atoms with Crippen molar-refractivity contribution in [2.75, 3.05) is 0 Å². The fourth-order valence-electron chi connectivity index (χ4n) is 2.41. The van der Waals surface area contributed by atoms with E-state index in [0.29, 0.717) is 5.02 Å². The highest BCUT2D eigenvalue weighted by Gasteiger charge is 2.27. The van der Waals surface area contributed by atoms with Crippen LogP contribution in [0.4, 0.5) is 0 Å². The van der Waals surface area contributed by atoms with Gasteiger partial charge < -0.3 is 14.6 Å². The molecule has 0 unspecified atom stereocenters. The summed E-state index contributed by atoms with van der Waals surface area (Å²) in [6, 6.07) is 10.0. The zero-order chi connectivity index (χ0) is 18.7. The first-order valence-electron chi connectivity index (χ1n) is 8.39. The number of carbonyl (C=O) groups is 2. The number of rotatable bonds is 6. The lowest BCUT2D eigenvalue weighted by atomic mass is 10.2. The zero-order valence-corrected chi connectivity index (χ0v) is 15.0. The van der Waals surface area contributed by atoms with Crippen molar-refractivity contribution < 1.29 is 14.3 Å². The largest absolute Gasteiger partial charge is 0.449 e. The maximum Gasteiger partial charge on any atom is 0.340 e. The molecule has 2 aromatic rings. The number of hydrogen-bond acceptors (Lipinski definition) is 4. The van der Waals surface area contributed by atoms with Crippen LogP contribution in [0.1, 0.15) is 35.7 Å². The molecule has 0 bridgehead atoms. The standard InChI is InChI=1S/C19H19ClN2O4/c1-12(18(24)21-15-7-8-15)26-19(25)14-6-9-17(23)22(11-14)10-13-4-2-3-5-16(13)20/h2-6,9,11-12,15H,7-8,10H2,1H3,(H,21,24)/t12-/m1/s1. The lowest BCUT2D eigenvalue weighted by Gasteiger charge is -2.14. The molecule has 3 rings (SSSR count). The van der Waals surface area contributed by atoms with Gasteiger partial charge in [-0.25, -0.2) is 4.79 Å². The lowest BCUT2D eigenvalue weighted by molar-refractivity contribution is -0.129. The average molecular weight is 375 g/mol. The second kappa shape index (κ2) is 7.74. The van der Waals surface area contributed by atoms with E-state index in [-0.39, 0.29) is 29.6 Å². The van der Waals surface area contributed by atoms with Crippen LogP contribution in [0, 0.1) is 0 Å². The van der Waals surface area contributed by atoms with Gasteiger partial charge in [0.05, 0.1) is 12.1 Å². The van der Waals surface area contributed by atoms with Crippen molar-refractivity contribution in [1.82, 2.24) is 9.88 Å². The highest BCUT2D eigenvalue weighted by atomic mass is 35.5. The van der Waals surface area contributed by atoms with Gasteiger partial charge in [-0.2, -0.15) is 0 Å². The second-order valence-corrected chi connectivity index (χ2v) is 6.71. The first kappa shape index (κ1) is 18.2. The maximum atomic E-state index is 12.3. The van der Waals surface area contributed by atoms with Crippen LogP contribution in [-0.2, 0) is 16.1 Å². The number of amides is 1. The van der Waals surface area contributed by atoms with Gasteiger partial charge in [0.1, 0.15) is 0 Å². The van der Waals surface area contributed by atoms with Crippen LogP contribution in [-0.4, -0.2) is 28.6 Å². The molecule has 7 heteroatoms. The van der Waals surface area contributed by atoms with E-state index >= 15 is 0 Å². The Balaban J connectivity index is 1.71. The Morgan fingerprint density at radius 1 is 1.27 bits per heavy atom. The number of pyridine rings is 1. The highest BCUT2D eigenvalue weighted by Crippen LogP contribution is 2.19. The average Bonchev–Trinajstić information content (AvgIpc) is 3.42. The Hall–Kier alpha value is -2.60. The third-order valence-electron chi connectivity index (χ3n) is 4.09. The van der Waals surface area contributed by atoms with Crippen LogP contribution in [0.2, 0.25) is 5.02 Å². The van der Waals surface area contributed by atoms with Crippen molar-refractivity contribution in [3.8, 4) is 0 Å². The molecule has 0 saturated heterocycles. The van der Waals surface area contributed by atoms with Gasteiger partial charge in [0.25, 0.3) is 11.5 Å². The topological polar surface area (TPSA) is 77.4 Å². The molecule has 1 atom stereocenters. The molecule has 136 valence electrons. The molecule has 0 radical (unpaired) electrons. The summed E-state index contributed by atoms with van der Waals surface area (Å²) in [6.45, 7) is 1.76. The normalized spacial score (nSPS) is 14.5. The van der Waals surface area contributed by atoms with Gasteiger partial charge in [0.2, 0.25) is 0 Å². The van der Waals surface area contributed by atoms with Crippen LogP contribution in [0.15, 0.2) is 47.4 Å². The Kier molecular flexibility index (Phi) is 5.42. The van der Waals surface area contributed by atoms with E-state index in [0.717, 1.165) is 18.4 Å².